The fourth-order valence-electron chi connectivity index (χ4n) is 2.29. The number of thiazole rings is 1. The second-order valence-electron chi connectivity index (χ2n) is 5.28. The number of rotatable bonds is 6. The van der Waals surface area contributed by atoms with Crippen LogP contribution in [0, 0.1) is 0 Å². The van der Waals surface area contributed by atoms with Crippen LogP contribution in [0.1, 0.15) is 22.5 Å². The third-order valence-corrected chi connectivity index (χ3v) is 4.64. The third-order valence-electron chi connectivity index (χ3n) is 3.52. The summed E-state index contributed by atoms with van der Waals surface area (Å²) in [5.74, 6) is 0.218. The van der Waals surface area contributed by atoms with Gasteiger partial charge in [-0.2, -0.15) is 0 Å². The zero-order valence-electron chi connectivity index (χ0n) is 12.5. The van der Waals surface area contributed by atoms with Crippen LogP contribution in [0.15, 0.2) is 0 Å². The molecule has 0 saturated carbocycles. The highest BCUT2D eigenvalue weighted by Crippen LogP contribution is 2.30. The van der Waals surface area contributed by atoms with Gasteiger partial charge in [-0.15, -0.1) is 0 Å². The van der Waals surface area contributed by atoms with Crippen molar-refractivity contribution in [1.29, 1.82) is 0 Å². The molecule has 1 atom stereocenters. The normalized spacial score (nSPS) is 18.2. The molecule has 8 heteroatoms. The molecular formula is C13H23N5O2S. The molecule has 1 saturated heterocycles. The Kier molecular flexibility index (Phi) is 5.38. The van der Waals surface area contributed by atoms with Gasteiger partial charge in [0.15, 0.2) is 5.13 Å². The summed E-state index contributed by atoms with van der Waals surface area (Å²) in [7, 11) is 3.42. The Morgan fingerprint density at radius 1 is 1.62 bits per heavy atom. The summed E-state index contributed by atoms with van der Waals surface area (Å²) in [6, 6.07) is 0.172. The molecule has 7 nitrogen and oxygen atoms in total. The van der Waals surface area contributed by atoms with Crippen molar-refractivity contribution in [1.82, 2.24) is 9.88 Å². The fraction of sp³-hybridized carbons (Fsp3) is 0.692. The van der Waals surface area contributed by atoms with Crippen LogP contribution in [0.2, 0.25) is 0 Å². The average Bonchev–Trinajstić information content (AvgIpc) is 3.04. The Hall–Kier alpha value is -1.38. The van der Waals surface area contributed by atoms with Crippen LogP contribution >= 0.6 is 11.3 Å². The zero-order chi connectivity index (χ0) is 15.4. The molecule has 1 aromatic rings. The second-order valence-corrected chi connectivity index (χ2v) is 6.26. The van der Waals surface area contributed by atoms with E-state index in [1.54, 1.807) is 19.1 Å². The highest BCUT2D eigenvalue weighted by molar-refractivity contribution is 7.18. The van der Waals surface area contributed by atoms with Gasteiger partial charge >= 0.3 is 0 Å². The lowest BCUT2D eigenvalue weighted by atomic mass is 10.3. The smallest absolute Gasteiger partial charge is 0.267 e. The molecule has 1 aromatic heterocycles. The maximum atomic E-state index is 12.4. The van der Waals surface area contributed by atoms with Gasteiger partial charge < -0.3 is 26.0 Å². The second kappa shape index (κ2) is 7.06. The monoisotopic (exact) mass is 313 g/mol. The molecule has 1 unspecified atom stereocenters. The van der Waals surface area contributed by atoms with Crippen molar-refractivity contribution in [3.8, 4) is 0 Å². The summed E-state index contributed by atoms with van der Waals surface area (Å²) in [5.41, 5.74) is 11.8. The molecular weight excluding hydrogens is 290 g/mol. The van der Waals surface area contributed by atoms with Crippen LogP contribution in [-0.2, 0) is 4.74 Å². The predicted octanol–water partition coefficient (Wildman–Crippen LogP) is 0.371. The molecule has 1 aliphatic heterocycles. The Morgan fingerprint density at radius 3 is 3.00 bits per heavy atom. The van der Waals surface area contributed by atoms with Crippen LogP contribution in [0.25, 0.3) is 0 Å². The van der Waals surface area contributed by atoms with Crippen molar-refractivity contribution in [2.24, 2.45) is 5.73 Å². The van der Waals surface area contributed by atoms with Crippen molar-refractivity contribution < 1.29 is 9.53 Å². The summed E-state index contributed by atoms with van der Waals surface area (Å²) in [5, 5.41) is 0.786. The van der Waals surface area contributed by atoms with E-state index in [-0.39, 0.29) is 11.9 Å². The molecule has 0 aromatic carbocycles. The summed E-state index contributed by atoms with van der Waals surface area (Å²) in [6.45, 7) is 2.90. The first kappa shape index (κ1) is 16.0. The Balaban J connectivity index is 2.02. The lowest BCUT2D eigenvalue weighted by Gasteiger charge is -2.16. The Bertz CT molecular complexity index is 493. The van der Waals surface area contributed by atoms with Crippen molar-refractivity contribution >= 4 is 28.2 Å². The number of nitrogens with zero attached hydrogens (tertiary/aromatic N) is 3. The van der Waals surface area contributed by atoms with Gasteiger partial charge in [0.05, 0.1) is 0 Å². The molecule has 21 heavy (non-hydrogen) atoms. The third kappa shape index (κ3) is 3.84. The Morgan fingerprint density at radius 2 is 2.38 bits per heavy atom. The molecule has 1 fully saturated rings. The van der Waals surface area contributed by atoms with Crippen LogP contribution in [0.4, 0.5) is 10.9 Å². The molecule has 118 valence electrons. The largest absolute Gasteiger partial charge is 0.385 e. The lowest BCUT2D eigenvalue weighted by molar-refractivity contribution is 0.0785. The summed E-state index contributed by atoms with van der Waals surface area (Å²) >= 11 is 1.35. The lowest BCUT2D eigenvalue weighted by Crippen LogP contribution is -2.28. The van der Waals surface area contributed by atoms with Gasteiger partial charge in [0, 0.05) is 46.4 Å². The molecule has 1 aliphatic rings. The van der Waals surface area contributed by atoms with Gasteiger partial charge in [0.2, 0.25) is 0 Å². The number of amides is 1. The number of ether oxygens (including phenoxy) is 1. The van der Waals surface area contributed by atoms with Crippen LogP contribution in [0.3, 0.4) is 0 Å². The molecule has 1 amide bonds. The van der Waals surface area contributed by atoms with Gasteiger partial charge in [-0.05, 0) is 12.8 Å². The van der Waals surface area contributed by atoms with E-state index in [1.165, 1.54) is 11.3 Å². The van der Waals surface area contributed by atoms with Crippen molar-refractivity contribution in [3.05, 3.63) is 4.88 Å². The van der Waals surface area contributed by atoms with E-state index < -0.39 is 0 Å². The predicted molar refractivity (Wildman–Crippen MR) is 84.8 cm³/mol. The fourth-order valence-corrected chi connectivity index (χ4v) is 3.31. The van der Waals surface area contributed by atoms with Crippen molar-refractivity contribution in [2.45, 2.75) is 18.9 Å². The topological polar surface area (TPSA) is 97.7 Å². The highest BCUT2D eigenvalue weighted by atomic mass is 32.1. The summed E-state index contributed by atoms with van der Waals surface area (Å²) in [6.07, 6.45) is 1.74. The number of carbonyl (C=O) groups excluding carboxylic acids is 1. The highest BCUT2D eigenvalue weighted by Gasteiger charge is 2.25. The quantitative estimate of drug-likeness (QED) is 0.737. The van der Waals surface area contributed by atoms with Crippen LogP contribution in [-0.4, -0.2) is 62.2 Å². The number of hydrogen-bond acceptors (Lipinski definition) is 7. The number of nitrogens with two attached hydrogens (primary N) is 2. The van der Waals surface area contributed by atoms with E-state index in [2.05, 4.69) is 9.88 Å². The van der Waals surface area contributed by atoms with Crippen molar-refractivity contribution in [2.75, 3.05) is 51.0 Å². The molecule has 0 bridgehead atoms. The van der Waals surface area contributed by atoms with Crippen molar-refractivity contribution in [3.63, 3.8) is 0 Å². The summed E-state index contributed by atoms with van der Waals surface area (Å²) in [4.78, 5) is 21.0. The minimum absolute atomic E-state index is 0.0872. The number of anilines is 2. The van der Waals surface area contributed by atoms with Crippen LogP contribution < -0.4 is 16.4 Å². The number of carbonyl (C=O) groups is 1. The van der Waals surface area contributed by atoms with Gasteiger partial charge in [-0.3, -0.25) is 4.79 Å². The van der Waals surface area contributed by atoms with E-state index in [4.69, 9.17) is 16.2 Å². The molecule has 0 radical (unpaired) electrons. The average molecular weight is 313 g/mol. The molecule has 0 spiro atoms. The molecule has 4 N–H and O–H groups in total. The molecule has 2 rings (SSSR count). The minimum Gasteiger partial charge on any atom is -0.385 e. The number of aromatic nitrogens is 1. The molecule has 0 aliphatic carbocycles. The number of methoxy groups -OCH3 is 1. The maximum Gasteiger partial charge on any atom is 0.267 e. The SMILES string of the molecule is COCCCN(C)C(=O)c1sc(N2CCC(N)C2)nc1N. The number of hydrogen-bond donors (Lipinski definition) is 2. The van der Waals surface area contributed by atoms with Gasteiger partial charge in [-0.25, -0.2) is 4.98 Å². The van der Waals surface area contributed by atoms with Gasteiger partial charge in [0.1, 0.15) is 10.7 Å². The first-order valence-corrected chi connectivity index (χ1v) is 7.85. The first-order valence-electron chi connectivity index (χ1n) is 7.04. The van der Waals surface area contributed by atoms with Gasteiger partial charge in [0.25, 0.3) is 5.91 Å². The summed E-state index contributed by atoms with van der Waals surface area (Å²) < 4.78 is 4.99. The van der Waals surface area contributed by atoms with E-state index in [9.17, 15) is 4.79 Å². The van der Waals surface area contributed by atoms with E-state index in [1.807, 2.05) is 0 Å². The Labute approximate surface area is 128 Å². The minimum atomic E-state index is -0.0872. The van der Waals surface area contributed by atoms with E-state index >= 15 is 0 Å². The first-order chi connectivity index (χ1) is 10.0. The van der Waals surface area contributed by atoms with E-state index in [0.29, 0.717) is 23.8 Å². The van der Waals surface area contributed by atoms with Crippen LogP contribution in [0.5, 0.6) is 0 Å². The number of nitrogen functional groups attached to an aromatic ring is 1. The maximum absolute atomic E-state index is 12.4. The van der Waals surface area contributed by atoms with E-state index in [0.717, 1.165) is 31.1 Å². The van der Waals surface area contributed by atoms with Gasteiger partial charge in [-0.1, -0.05) is 11.3 Å². The standard InChI is InChI=1S/C13H23N5O2S/c1-17(5-3-7-20-2)12(19)10-11(15)16-13(21-10)18-6-4-9(14)8-18/h9H,3-8,14-15H2,1-2H3. The molecule has 2 heterocycles. The zero-order valence-corrected chi connectivity index (χ0v) is 13.4.